The molecule has 0 aromatic heterocycles. The lowest BCUT2D eigenvalue weighted by Gasteiger charge is -2.43. The van der Waals surface area contributed by atoms with Gasteiger partial charge in [-0.05, 0) is 35.8 Å². The molecule has 0 bridgehead atoms. The van der Waals surface area contributed by atoms with Gasteiger partial charge in [0.15, 0.2) is 0 Å². The normalized spacial score (nSPS) is 24.7. The monoisotopic (exact) mass is 450 g/mol. The van der Waals surface area contributed by atoms with Crippen molar-refractivity contribution in [2.45, 2.75) is 97.2 Å². The third-order valence-electron chi connectivity index (χ3n) is 6.79. The molecule has 6 nitrogen and oxygen atoms in total. The Hall–Kier alpha value is -1.36. The van der Waals surface area contributed by atoms with E-state index in [0.29, 0.717) is 12.3 Å². The number of nitrogens with one attached hydrogen (secondary N) is 1. The van der Waals surface area contributed by atoms with Crippen LogP contribution in [-0.4, -0.2) is 29.8 Å². The Balaban J connectivity index is 1.99. The van der Waals surface area contributed by atoms with E-state index in [-0.39, 0.29) is 17.4 Å². The summed E-state index contributed by atoms with van der Waals surface area (Å²) in [5.41, 5.74) is 2.32. The number of rotatable bonds is 6. The van der Waals surface area contributed by atoms with Crippen LogP contribution in [0.3, 0.4) is 0 Å². The lowest BCUT2D eigenvalue weighted by atomic mass is 9.86. The molecule has 3 atom stereocenters. The highest BCUT2D eigenvalue weighted by Crippen LogP contribution is 2.56. The summed E-state index contributed by atoms with van der Waals surface area (Å²) in [7, 11) is -2.11. The van der Waals surface area contributed by atoms with Crippen LogP contribution in [0.4, 0.5) is 0 Å². The summed E-state index contributed by atoms with van der Waals surface area (Å²) >= 11 is 0. The van der Waals surface area contributed by atoms with E-state index in [0.717, 1.165) is 37.7 Å². The third kappa shape index (κ3) is 5.35. The molecule has 1 fully saturated rings. The second-order valence-electron chi connectivity index (χ2n) is 10.1. The number of hydrogen-bond acceptors (Lipinski definition) is 4. The highest BCUT2D eigenvalue weighted by atomic mass is 31.2. The molecule has 1 heterocycles. The number of methoxy groups -OCH3 is 1. The average molecular weight is 451 g/mol. The molecule has 31 heavy (non-hydrogen) atoms. The molecular formula is C24H39N2O4P. The van der Waals surface area contributed by atoms with Crippen LogP contribution in [0.25, 0.3) is 0 Å². The van der Waals surface area contributed by atoms with Gasteiger partial charge in [0.1, 0.15) is 11.8 Å². The Bertz CT molecular complexity index is 829. The quantitative estimate of drug-likeness (QED) is 0.437. The fourth-order valence-corrected chi connectivity index (χ4v) is 6.95. The standard InChI is InChI=1S/C24H39N2O4P/c1-7-17(2)22(23(27)29-6)25-31(28)26(20-11-9-8-10-12-20)16-18-15-19(24(3,4)5)13-14-21(18)30-31/h13-15,17,20,22H,7-12,16H2,1-6H3,(H,25,28). The second-order valence-corrected chi connectivity index (χ2v) is 12.1. The Morgan fingerprint density at radius 3 is 2.55 bits per heavy atom. The first kappa shape index (κ1) is 24.3. The first-order chi connectivity index (χ1) is 14.6. The molecule has 3 unspecified atom stereocenters. The van der Waals surface area contributed by atoms with Crippen LogP contribution in [0.5, 0.6) is 5.75 Å². The van der Waals surface area contributed by atoms with E-state index in [2.05, 4.69) is 31.9 Å². The van der Waals surface area contributed by atoms with Gasteiger partial charge in [-0.3, -0.25) is 4.79 Å². The van der Waals surface area contributed by atoms with E-state index in [9.17, 15) is 9.36 Å². The average Bonchev–Trinajstić information content (AvgIpc) is 2.75. The first-order valence-electron chi connectivity index (χ1n) is 11.6. The molecule has 7 heteroatoms. The zero-order valence-electron chi connectivity index (χ0n) is 19.9. The predicted octanol–water partition coefficient (Wildman–Crippen LogP) is 5.80. The number of esters is 1. The maximum atomic E-state index is 14.3. The smallest absolute Gasteiger partial charge is 0.394 e. The van der Waals surface area contributed by atoms with Crippen molar-refractivity contribution in [3.8, 4) is 5.75 Å². The van der Waals surface area contributed by atoms with Crippen molar-refractivity contribution in [2.75, 3.05) is 7.11 Å². The summed E-state index contributed by atoms with van der Waals surface area (Å²) in [6.45, 7) is 11.1. The van der Waals surface area contributed by atoms with Crippen LogP contribution < -0.4 is 9.61 Å². The molecule has 1 aromatic rings. The van der Waals surface area contributed by atoms with Crippen LogP contribution in [0.15, 0.2) is 18.2 Å². The number of carbonyl (C=O) groups is 1. The summed E-state index contributed by atoms with van der Waals surface area (Å²) < 4.78 is 27.6. The minimum Gasteiger partial charge on any atom is -0.468 e. The molecule has 1 aliphatic carbocycles. The van der Waals surface area contributed by atoms with Crippen molar-refractivity contribution < 1.29 is 18.6 Å². The number of hydrogen-bond donors (Lipinski definition) is 1. The van der Waals surface area contributed by atoms with Gasteiger partial charge in [0, 0.05) is 18.2 Å². The number of nitrogens with zero attached hydrogens (tertiary/aromatic N) is 1. The molecule has 1 aliphatic heterocycles. The van der Waals surface area contributed by atoms with Gasteiger partial charge in [-0.15, -0.1) is 0 Å². The highest BCUT2D eigenvalue weighted by molar-refractivity contribution is 7.54. The van der Waals surface area contributed by atoms with Gasteiger partial charge in [0.2, 0.25) is 0 Å². The zero-order valence-corrected chi connectivity index (χ0v) is 20.8. The Morgan fingerprint density at radius 2 is 1.97 bits per heavy atom. The summed E-state index contributed by atoms with van der Waals surface area (Å²) in [5, 5.41) is 3.15. The van der Waals surface area contributed by atoms with Gasteiger partial charge in [-0.1, -0.05) is 72.4 Å². The molecule has 2 aliphatic rings. The number of carbonyl (C=O) groups excluding carboxylic acids is 1. The van der Waals surface area contributed by atoms with Gasteiger partial charge >= 0.3 is 13.6 Å². The summed E-state index contributed by atoms with van der Waals surface area (Å²) in [4.78, 5) is 12.5. The Kier molecular flexibility index (Phi) is 7.55. The predicted molar refractivity (Wildman–Crippen MR) is 124 cm³/mol. The van der Waals surface area contributed by atoms with Crippen molar-refractivity contribution in [3.05, 3.63) is 29.3 Å². The summed E-state index contributed by atoms with van der Waals surface area (Å²) in [5.74, 6) is 0.217. The van der Waals surface area contributed by atoms with E-state index in [1.165, 1.54) is 19.1 Å². The zero-order chi connectivity index (χ0) is 22.8. The minimum atomic E-state index is -3.49. The minimum absolute atomic E-state index is 0.0244. The van der Waals surface area contributed by atoms with Crippen molar-refractivity contribution >= 4 is 13.6 Å². The van der Waals surface area contributed by atoms with Gasteiger partial charge < -0.3 is 9.26 Å². The van der Waals surface area contributed by atoms with Gasteiger partial charge in [0.25, 0.3) is 0 Å². The second kappa shape index (κ2) is 9.64. The number of ether oxygens (including phenoxy) is 1. The summed E-state index contributed by atoms with van der Waals surface area (Å²) in [6.07, 6.45) is 6.22. The largest absolute Gasteiger partial charge is 0.468 e. The van der Waals surface area contributed by atoms with Crippen LogP contribution in [-0.2, 0) is 26.1 Å². The molecular weight excluding hydrogens is 411 g/mol. The molecule has 1 aromatic carbocycles. The molecule has 0 amide bonds. The van der Waals surface area contributed by atoms with Gasteiger partial charge in [0.05, 0.1) is 7.11 Å². The maximum absolute atomic E-state index is 14.3. The van der Waals surface area contributed by atoms with E-state index in [1.807, 2.05) is 30.7 Å². The van der Waals surface area contributed by atoms with Gasteiger partial charge in [-0.2, -0.15) is 0 Å². The number of fused-ring (bicyclic) bond motifs is 1. The first-order valence-corrected chi connectivity index (χ1v) is 13.2. The molecule has 174 valence electrons. The fourth-order valence-electron chi connectivity index (χ4n) is 4.49. The topological polar surface area (TPSA) is 67.9 Å². The molecule has 1 saturated carbocycles. The van der Waals surface area contributed by atoms with Crippen LogP contribution in [0, 0.1) is 5.92 Å². The van der Waals surface area contributed by atoms with E-state index in [1.54, 1.807) is 0 Å². The van der Waals surface area contributed by atoms with E-state index in [4.69, 9.17) is 9.26 Å². The SMILES string of the molecule is CCC(C)C(NP1(=O)Oc2ccc(C(C)(C)C)cc2CN1C1CCCCC1)C(=O)OC. The van der Waals surface area contributed by atoms with Crippen LogP contribution >= 0.6 is 7.67 Å². The molecule has 0 radical (unpaired) electrons. The fraction of sp³-hybridized carbons (Fsp3) is 0.708. The maximum Gasteiger partial charge on any atom is 0.394 e. The molecule has 1 N–H and O–H groups in total. The van der Waals surface area contributed by atoms with E-state index < -0.39 is 19.7 Å². The lowest BCUT2D eigenvalue weighted by molar-refractivity contribution is -0.144. The Labute approximate surface area is 187 Å². The van der Waals surface area contributed by atoms with Crippen LogP contribution in [0.1, 0.15) is 84.3 Å². The molecule has 0 saturated heterocycles. The lowest BCUT2D eigenvalue weighted by Crippen LogP contribution is -2.48. The van der Waals surface area contributed by atoms with Crippen molar-refractivity contribution in [3.63, 3.8) is 0 Å². The molecule has 0 spiro atoms. The number of benzene rings is 1. The van der Waals surface area contributed by atoms with Crippen molar-refractivity contribution in [1.82, 2.24) is 9.76 Å². The van der Waals surface area contributed by atoms with Crippen molar-refractivity contribution in [2.24, 2.45) is 5.92 Å². The third-order valence-corrected chi connectivity index (χ3v) is 8.98. The highest BCUT2D eigenvalue weighted by Gasteiger charge is 2.46. The van der Waals surface area contributed by atoms with E-state index >= 15 is 0 Å². The Morgan fingerprint density at radius 1 is 1.29 bits per heavy atom. The van der Waals surface area contributed by atoms with Gasteiger partial charge in [-0.25, -0.2) is 14.3 Å². The van der Waals surface area contributed by atoms with Crippen molar-refractivity contribution in [1.29, 1.82) is 0 Å². The molecule has 3 rings (SSSR count). The summed E-state index contributed by atoms with van der Waals surface area (Å²) in [6, 6.07) is 5.65. The van der Waals surface area contributed by atoms with Crippen LogP contribution in [0.2, 0.25) is 0 Å².